The zero-order valence-corrected chi connectivity index (χ0v) is 12.7. The van der Waals surface area contributed by atoms with Crippen LogP contribution >= 0.6 is 11.6 Å². The first-order chi connectivity index (χ1) is 10.8. The predicted octanol–water partition coefficient (Wildman–Crippen LogP) is 3.55. The number of carbonyl (C=O) groups excluding carboxylic acids is 1. The number of hydrogen-bond donors (Lipinski definition) is 1. The maximum atomic E-state index is 13.1. The Balaban J connectivity index is 2.07. The summed E-state index contributed by atoms with van der Waals surface area (Å²) in [6, 6.07) is 2.97. The number of nitrogens with zero attached hydrogens (tertiary/aromatic N) is 2. The number of amides is 1. The van der Waals surface area contributed by atoms with Crippen LogP contribution in [0.4, 0.5) is 18.9 Å². The van der Waals surface area contributed by atoms with Crippen molar-refractivity contribution in [1.82, 2.24) is 9.78 Å². The van der Waals surface area contributed by atoms with Gasteiger partial charge < -0.3 is 10.1 Å². The molecule has 1 amide bonds. The SMILES string of the molecule is CC(Cn1cc(Cl)cn1)C(=O)Nc1ccc(F)cc1OC(F)F. The lowest BCUT2D eigenvalue weighted by molar-refractivity contribution is -0.119. The summed E-state index contributed by atoms with van der Waals surface area (Å²) in [7, 11) is 0. The van der Waals surface area contributed by atoms with Gasteiger partial charge in [-0.2, -0.15) is 13.9 Å². The fraction of sp³-hybridized carbons (Fsp3) is 0.286. The molecule has 0 saturated heterocycles. The van der Waals surface area contributed by atoms with Crippen LogP contribution in [0.5, 0.6) is 5.75 Å². The summed E-state index contributed by atoms with van der Waals surface area (Å²) < 4.78 is 43.5. The first kappa shape index (κ1) is 17.1. The van der Waals surface area contributed by atoms with Gasteiger partial charge in [-0.1, -0.05) is 18.5 Å². The van der Waals surface area contributed by atoms with Gasteiger partial charge in [0.05, 0.1) is 29.4 Å². The molecule has 1 aromatic heterocycles. The van der Waals surface area contributed by atoms with E-state index in [1.807, 2.05) is 0 Å². The fourth-order valence-electron chi connectivity index (χ4n) is 1.85. The molecule has 0 aliphatic rings. The quantitative estimate of drug-likeness (QED) is 0.869. The van der Waals surface area contributed by atoms with Gasteiger partial charge in [-0.3, -0.25) is 9.48 Å². The summed E-state index contributed by atoms with van der Waals surface area (Å²) in [5, 5.41) is 6.81. The minimum absolute atomic E-state index is 0.0398. The van der Waals surface area contributed by atoms with Crippen LogP contribution in [-0.2, 0) is 11.3 Å². The average Bonchev–Trinajstić information content (AvgIpc) is 2.86. The molecule has 0 radical (unpaired) electrons. The van der Waals surface area contributed by atoms with Crippen LogP contribution in [0, 0.1) is 11.7 Å². The number of carbonyl (C=O) groups is 1. The van der Waals surface area contributed by atoms with Gasteiger partial charge in [0.1, 0.15) is 5.82 Å². The first-order valence-corrected chi connectivity index (χ1v) is 6.96. The molecular weight excluding hydrogens is 335 g/mol. The molecule has 1 aromatic carbocycles. The number of nitrogens with one attached hydrogen (secondary N) is 1. The molecule has 1 atom stereocenters. The van der Waals surface area contributed by atoms with Crippen molar-refractivity contribution in [3.63, 3.8) is 0 Å². The molecule has 23 heavy (non-hydrogen) atoms. The molecule has 0 bridgehead atoms. The summed E-state index contributed by atoms with van der Waals surface area (Å²) in [5.74, 6) is -2.18. The van der Waals surface area contributed by atoms with E-state index in [0.717, 1.165) is 18.2 Å². The Morgan fingerprint density at radius 3 is 2.83 bits per heavy atom. The third kappa shape index (κ3) is 4.88. The van der Waals surface area contributed by atoms with Crippen molar-refractivity contribution in [2.24, 2.45) is 5.92 Å². The van der Waals surface area contributed by atoms with E-state index in [0.29, 0.717) is 5.02 Å². The Kier molecular flexibility index (Phi) is 5.49. The number of aromatic nitrogens is 2. The van der Waals surface area contributed by atoms with Gasteiger partial charge in [0.25, 0.3) is 0 Å². The highest BCUT2D eigenvalue weighted by Gasteiger charge is 2.18. The number of hydrogen-bond acceptors (Lipinski definition) is 3. The average molecular weight is 348 g/mol. The van der Waals surface area contributed by atoms with Gasteiger partial charge in [0.15, 0.2) is 5.75 Å². The van der Waals surface area contributed by atoms with Crippen molar-refractivity contribution >= 4 is 23.2 Å². The summed E-state index contributed by atoms with van der Waals surface area (Å²) >= 11 is 5.73. The molecule has 1 N–H and O–H groups in total. The van der Waals surface area contributed by atoms with Gasteiger partial charge in [-0.25, -0.2) is 4.39 Å². The Bertz CT molecular complexity index is 694. The number of anilines is 1. The number of ether oxygens (including phenoxy) is 1. The van der Waals surface area contributed by atoms with Gasteiger partial charge in [0.2, 0.25) is 5.91 Å². The van der Waals surface area contributed by atoms with Crippen molar-refractivity contribution in [3.05, 3.63) is 41.4 Å². The first-order valence-electron chi connectivity index (χ1n) is 6.58. The van der Waals surface area contributed by atoms with Crippen LogP contribution in [0.1, 0.15) is 6.92 Å². The molecule has 2 rings (SSSR count). The lowest BCUT2D eigenvalue weighted by Gasteiger charge is -2.15. The van der Waals surface area contributed by atoms with Gasteiger partial charge in [-0.05, 0) is 12.1 Å². The Morgan fingerprint density at radius 2 is 2.22 bits per heavy atom. The Morgan fingerprint density at radius 1 is 1.48 bits per heavy atom. The van der Waals surface area contributed by atoms with Crippen LogP contribution in [0.2, 0.25) is 5.02 Å². The number of halogens is 4. The predicted molar refractivity (Wildman–Crippen MR) is 78.1 cm³/mol. The molecule has 0 aliphatic carbocycles. The molecule has 0 saturated carbocycles. The maximum absolute atomic E-state index is 13.1. The monoisotopic (exact) mass is 347 g/mol. The second-order valence-corrected chi connectivity index (χ2v) is 5.23. The second-order valence-electron chi connectivity index (χ2n) is 4.79. The highest BCUT2D eigenvalue weighted by atomic mass is 35.5. The summed E-state index contributed by atoms with van der Waals surface area (Å²) in [6.45, 7) is -1.26. The standard InChI is InChI=1S/C14H13ClF3N3O2/c1-8(6-21-7-9(15)5-19-21)13(22)20-11-3-2-10(16)4-12(11)23-14(17)18/h2-5,7-8,14H,6H2,1H3,(H,20,22). The Labute approximate surface area is 135 Å². The zero-order chi connectivity index (χ0) is 17.0. The zero-order valence-electron chi connectivity index (χ0n) is 12.0. The minimum Gasteiger partial charge on any atom is -0.432 e. The molecule has 1 heterocycles. The van der Waals surface area contributed by atoms with Crippen LogP contribution < -0.4 is 10.1 Å². The van der Waals surface area contributed by atoms with Crippen molar-refractivity contribution < 1.29 is 22.7 Å². The van der Waals surface area contributed by atoms with E-state index in [4.69, 9.17) is 11.6 Å². The summed E-state index contributed by atoms with van der Waals surface area (Å²) in [5.41, 5.74) is -0.0398. The molecule has 1 unspecified atom stereocenters. The topological polar surface area (TPSA) is 56.2 Å². The van der Waals surface area contributed by atoms with Crippen LogP contribution in [0.25, 0.3) is 0 Å². The molecule has 0 spiro atoms. The molecule has 2 aromatic rings. The summed E-state index contributed by atoms with van der Waals surface area (Å²) in [6.07, 6.45) is 2.98. The van der Waals surface area contributed by atoms with Gasteiger partial charge >= 0.3 is 6.61 Å². The molecular formula is C14H13ClF3N3O2. The lowest BCUT2D eigenvalue weighted by Crippen LogP contribution is -2.25. The molecule has 0 aliphatic heterocycles. The third-order valence-corrected chi connectivity index (χ3v) is 3.12. The van der Waals surface area contributed by atoms with Crippen molar-refractivity contribution in [3.8, 4) is 5.75 Å². The van der Waals surface area contributed by atoms with Crippen LogP contribution in [0.15, 0.2) is 30.6 Å². The van der Waals surface area contributed by atoms with E-state index in [-0.39, 0.29) is 12.2 Å². The van der Waals surface area contributed by atoms with E-state index in [9.17, 15) is 18.0 Å². The smallest absolute Gasteiger partial charge is 0.387 e. The number of benzene rings is 1. The third-order valence-electron chi connectivity index (χ3n) is 2.93. The molecule has 0 fully saturated rings. The van der Waals surface area contributed by atoms with Crippen molar-refractivity contribution in [2.45, 2.75) is 20.1 Å². The van der Waals surface area contributed by atoms with Crippen molar-refractivity contribution in [1.29, 1.82) is 0 Å². The molecule has 5 nitrogen and oxygen atoms in total. The van der Waals surface area contributed by atoms with Crippen LogP contribution in [-0.4, -0.2) is 22.3 Å². The largest absolute Gasteiger partial charge is 0.432 e. The van der Waals surface area contributed by atoms with E-state index >= 15 is 0 Å². The lowest BCUT2D eigenvalue weighted by atomic mass is 10.1. The highest BCUT2D eigenvalue weighted by Crippen LogP contribution is 2.27. The molecule has 124 valence electrons. The minimum atomic E-state index is -3.13. The highest BCUT2D eigenvalue weighted by molar-refractivity contribution is 6.30. The fourth-order valence-corrected chi connectivity index (χ4v) is 2.01. The molecule has 9 heteroatoms. The maximum Gasteiger partial charge on any atom is 0.387 e. The second kappa shape index (κ2) is 7.36. The van der Waals surface area contributed by atoms with Crippen molar-refractivity contribution in [2.75, 3.05) is 5.32 Å². The van der Waals surface area contributed by atoms with Gasteiger partial charge in [0, 0.05) is 12.3 Å². The van der Waals surface area contributed by atoms with Crippen LogP contribution in [0.3, 0.4) is 0 Å². The van der Waals surface area contributed by atoms with E-state index < -0.39 is 30.0 Å². The van der Waals surface area contributed by atoms with E-state index in [2.05, 4.69) is 15.2 Å². The van der Waals surface area contributed by atoms with Gasteiger partial charge in [-0.15, -0.1) is 0 Å². The normalized spacial score (nSPS) is 12.3. The number of alkyl halides is 2. The Hall–Kier alpha value is -2.22. The van der Waals surface area contributed by atoms with E-state index in [1.54, 1.807) is 13.1 Å². The van der Waals surface area contributed by atoms with E-state index in [1.165, 1.54) is 10.9 Å². The number of rotatable bonds is 6. The summed E-state index contributed by atoms with van der Waals surface area (Å²) in [4.78, 5) is 12.1.